The van der Waals surface area contributed by atoms with Gasteiger partial charge in [-0.25, -0.2) is 0 Å². The van der Waals surface area contributed by atoms with Gasteiger partial charge in [0.15, 0.2) is 0 Å². The lowest BCUT2D eigenvalue weighted by Crippen LogP contribution is -2.21. The predicted octanol–water partition coefficient (Wildman–Crippen LogP) is 2.49. The fraction of sp³-hybridized carbons (Fsp3) is 0.286. The van der Waals surface area contributed by atoms with Gasteiger partial charge in [-0.2, -0.15) is 22.4 Å². The van der Waals surface area contributed by atoms with Crippen molar-refractivity contribution >= 4 is 12.6 Å². The Morgan fingerprint density at radius 3 is 2.47 bits per heavy atom. The SMILES string of the molecule is CC(C)c1ccc(-n2nc(CS)c(O)cc2=O)cc1. The minimum Gasteiger partial charge on any atom is -0.506 e. The molecule has 19 heavy (non-hydrogen) atoms. The second kappa shape index (κ2) is 5.48. The van der Waals surface area contributed by atoms with Crippen LogP contribution in [-0.2, 0) is 5.75 Å². The zero-order chi connectivity index (χ0) is 14.0. The molecule has 0 spiro atoms. The van der Waals surface area contributed by atoms with Gasteiger partial charge in [-0.15, -0.1) is 0 Å². The summed E-state index contributed by atoms with van der Waals surface area (Å²) >= 11 is 4.08. The molecule has 1 heterocycles. The quantitative estimate of drug-likeness (QED) is 0.847. The highest BCUT2D eigenvalue weighted by Crippen LogP contribution is 2.17. The largest absolute Gasteiger partial charge is 0.506 e. The summed E-state index contributed by atoms with van der Waals surface area (Å²) in [5.74, 6) is 0.595. The van der Waals surface area contributed by atoms with Crippen LogP contribution in [0.2, 0.25) is 0 Å². The zero-order valence-electron chi connectivity index (χ0n) is 10.9. The Kier molecular flexibility index (Phi) is 3.95. The summed E-state index contributed by atoms with van der Waals surface area (Å²) in [6.07, 6.45) is 0. The van der Waals surface area contributed by atoms with Crippen LogP contribution in [0.25, 0.3) is 5.69 Å². The van der Waals surface area contributed by atoms with Crippen LogP contribution in [0.4, 0.5) is 0 Å². The number of thiol groups is 1. The van der Waals surface area contributed by atoms with Crippen LogP contribution in [0.5, 0.6) is 5.75 Å². The summed E-state index contributed by atoms with van der Waals surface area (Å²) < 4.78 is 1.27. The zero-order valence-corrected chi connectivity index (χ0v) is 11.8. The second-order valence-electron chi connectivity index (χ2n) is 4.63. The van der Waals surface area contributed by atoms with Crippen molar-refractivity contribution in [2.75, 3.05) is 0 Å². The topological polar surface area (TPSA) is 55.1 Å². The molecule has 1 N–H and O–H groups in total. The molecule has 1 aromatic carbocycles. The Balaban J connectivity index is 2.49. The summed E-state index contributed by atoms with van der Waals surface area (Å²) in [6.45, 7) is 4.22. The summed E-state index contributed by atoms with van der Waals surface area (Å²) in [4.78, 5) is 11.8. The maximum atomic E-state index is 11.8. The van der Waals surface area contributed by atoms with Gasteiger partial charge >= 0.3 is 0 Å². The molecule has 100 valence electrons. The van der Waals surface area contributed by atoms with Crippen molar-refractivity contribution in [3.63, 3.8) is 0 Å². The van der Waals surface area contributed by atoms with Gasteiger partial charge < -0.3 is 5.11 Å². The van der Waals surface area contributed by atoms with Gasteiger partial charge in [0.2, 0.25) is 0 Å². The Labute approximate surface area is 117 Å². The molecule has 0 radical (unpaired) electrons. The Morgan fingerprint density at radius 2 is 1.95 bits per heavy atom. The summed E-state index contributed by atoms with van der Waals surface area (Å²) in [6, 6.07) is 8.81. The van der Waals surface area contributed by atoms with E-state index < -0.39 is 0 Å². The van der Waals surface area contributed by atoms with Crippen molar-refractivity contribution in [2.45, 2.75) is 25.5 Å². The van der Waals surface area contributed by atoms with Gasteiger partial charge in [0.1, 0.15) is 11.4 Å². The van der Waals surface area contributed by atoms with Gasteiger partial charge in [-0.1, -0.05) is 26.0 Å². The molecule has 5 heteroatoms. The number of hydrogen-bond acceptors (Lipinski definition) is 4. The first-order valence-corrected chi connectivity index (χ1v) is 6.69. The number of hydrogen-bond donors (Lipinski definition) is 2. The van der Waals surface area contributed by atoms with E-state index in [0.29, 0.717) is 17.3 Å². The van der Waals surface area contributed by atoms with Crippen molar-refractivity contribution in [1.29, 1.82) is 0 Å². The smallest absolute Gasteiger partial charge is 0.275 e. The lowest BCUT2D eigenvalue weighted by atomic mass is 10.0. The highest BCUT2D eigenvalue weighted by molar-refractivity contribution is 7.79. The lowest BCUT2D eigenvalue weighted by molar-refractivity contribution is 0.460. The Morgan fingerprint density at radius 1 is 1.32 bits per heavy atom. The van der Waals surface area contributed by atoms with E-state index in [-0.39, 0.29) is 17.1 Å². The van der Waals surface area contributed by atoms with Crippen LogP contribution >= 0.6 is 12.6 Å². The predicted molar refractivity (Wildman–Crippen MR) is 78.3 cm³/mol. The minimum absolute atomic E-state index is 0.116. The molecule has 0 saturated heterocycles. The maximum absolute atomic E-state index is 11.8. The third kappa shape index (κ3) is 2.81. The summed E-state index contributed by atoms with van der Waals surface area (Å²) in [5, 5.41) is 13.7. The van der Waals surface area contributed by atoms with Crippen molar-refractivity contribution in [3.8, 4) is 11.4 Å². The van der Waals surface area contributed by atoms with E-state index in [0.717, 1.165) is 6.07 Å². The first kappa shape index (κ1) is 13.7. The molecule has 0 atom stereocenters. The minimum atomic E-state index is -0.361. The normalized spacial score (nSPS) is 10.9. The molecule has 4 nitrogen and oxygen atoms in total. The monoisotopic (exact) mass is 276 g/mol. The molecule has 0 fully saturated rings. The lowest BCUT2D eigenvalue weighted by Gasteiger charge is -2.09. The molecule has 0 aliphatic heterocycles. The molecular weight excluding hydrogens is 260 g/mol. The van der Waals surface area contributed by atoms with Crippen LogP contribution in [0.15, 0.2) is 35.1 Å². The Bertz CT molecular complexity index is 633. The van der Waals surface area contributed by atoms with Crippen LogP contribution in [0.3, 0.4) is 0 Å². The second-order valence-corrected chi connectivity index (χ2v) is 4.95. The molecule has 0 amide bonds. The highest BCUT2D eigenvalue weighted by atomic mass is 32.1. The van der Waals surface area contributed by atoms with Crippen LogP contribution < -0.4 is 5.56 Å². The van der Waals surface area contributed by atoms with E-state index in [2.05, 4.69) is 31.6 Å². The fourth-order valence-corrected chi connectivity index (χ4v) is 2.01. The van der Waals surface area contributed by atoms with Gasteiger partial charge in [-0.05, 0) is 23.6 Å². The molecule has 0 saturated carbocycles. The Hall–Kier alpha value is -1.75. The third-order valence-electron chi connectivity index (χ3n) is 2.94. The summed E-state index contributed by atoms with van der Waals surface area (Å²) in [5.41, 5.74) is 1.90. The third-order valence-corrected chi connectivity index (χ3v) is 3.24. The molecule has 0 aliphatic rings. The summed E-state index contributed by atoms with van der Waals surface area (Å²) in [7, 11) is 0. The van der Waals surface area contributed by atoms with Gasteiger partial charge in [0, 0.05) is 11.8 Å². The number of rotatable bonds is 3. The molecular formula is C14H16N2O2S. The van der Waals surface area contributed by atoms with E-state index in [1.54, 1.807) is 0 Å². The average Bonchev–Trinajstić information content (AvgIpc) is 2.39. The van der Waals surface area contributed by atoms with E-state index in [1.165, 1.54) is 10.2 Å². The van der Waals surface area contributed by atoms with Crippen LogP contribution in [0.1, 0.15) is 31.0 Å². The first-order chi connectivity index (χ1) is 9.02. The molecule has 0 unspecified atom stereocenters. The van der Waals surface area contributed by atoms with Crippen molar-refractivity contribution < 1.29 is 5.11 Å². The van der Waals surface area contributed by atoms with E-state index in [1.807, 2.05) is 24.3 Å². The number of benzene rings is 1. The van der Waals surface area contributed by atoms with Crippen LogP contribution in [-0.4, -0.2) is 14.9 Å². The number of nitrogens with zero attached hydrogens (tertiary/aromatic N) is 2. The maximum Gasteiger partial charge on any atom is 0.275 e. The molecule has 0 bridgehead atoms. The van der Waals surface area contributed by atoms with E-state index in [4.69, 9.17) is 0 Å². The molecule has 1 aromatic heterocycles. The van der Waals surface area contributed by atoms with Crippen LogP contribution in [0, 0.1) is 0 Å². The molecule has 2 rings (SSSR count). The molecule has 2 aromatic rings. The highest BCUT2D eigenvalue weighted by Gasteiger charge is 2.08. The van der Waals surface area contributed by atoms with Crippen molar-refractivity contribution in [2.24, 2.45) is 0 Å². The number of aromatic hydroxyl groups is 1. The fourth-order valence-electron chi connectivity index (χ4n) is 1.78. The van der Waals surface area contributed by atoms with Crippen molar-refractivity contribution in [3.05, 3.63) is 51.9 Å². The van der Waals surface area contributed by atoms with E-state index >= 15 is 0 Å². The van der Waals surface area contributed by atoms with Crippen molar-refractivity contribution in [1.82, 2.24) is 9.78 Å². The molecule has 0 aliphatic carbocycles. The van der Waals surface area contributed by atoms with Gasteiger partial charge in [-0.3, -0.25) is 4.79 Å². The van der Waals surface area contributed by atoms with Gasteiger partial charge in [0.05, 0.1) is 5.69 Å². The first-order valence-electron chi connectivity index (χ1n) is 6.06. The average molecular weight is 276 g/mol. The number of aromatic nitrogens is 2. The van der Waals surface area contributed by atoms with Gasteiger partial charge in [0.25, 0.3) is 5.56 Å². The van der Waals surface area contributed by atoms with E-state index in [9.17, 15) is 9.90 Å². The standard InChI is InChI=1S/C14H16N2O2S/c1-9(2)10-3-5-11(6-4-10)16-14(18)7-13(17)12(8-19)15-16/h3-7,9,17,19H,8H2,1-2H3.